The molecule has 0 aliphatic carbocycles. The van der Waals surface area contributed by atoms with Crippen molar-refractivity contribution in [3.05, 3.63) is 0 Å². The Hall–Kier alpha value is -0.650. The van der Waals surface area contributed by atoms with Crippen LogP contribution in [0.1, 0.15) is 116 Å². The molecule has 0 aliphatic heterocycles. The second-order valence-electron chi connectivity index (χ2n) is 8.61. The molecule has 0 saturated carbocycles. The molecule has 0 rings (SSSR count). The first-order valence-corrected chi connectivity index (χ1v) is 12.1. The van der Waals surface area contributed by atoms with E-state index in [-0.39, 0.29) is 25.8 Å². The zero-order chi connectivity index (χ0) is 21.6. The highest BCUT2D eigenvalue weighted by atomic mass is 16.5. The van der Waals surface area contributed by atoms with Gasteiger partial charge in [-0.15, -0.1) is 0 Å². The molecule has 0 saturated heterocycles. The summed E-state index contributed by atoms with van der Waals surface area (Å²) in [6.07, 6.45) is 19.4. The topological polar surface area (TPSA) is 87.0 Å². The van der Waals surface area contributed by atoms with E-state index in [0.29, 0.717) is 19.4 Å². The standard InChI is InChI=1S/C24H48O5/c1-2-24(20-26,21-27)22-29-23(28)18-16-14-12-10-8-6-4-3-5-7-9-11-13-15-17-19-25/h25-27H,2-22H2,1H3. The Labute approximate surface area is 179 Å². The van der Waals surface area contributed by atoms with Crippen LogP contribution < -0.4 is 0 Å². The summed E-state index contributed by atoms with van der Waals surface area (Å²) in [5, 5.41) is 27.4. The van der Waals surface area contributed by atoms with Gasteiger partial charge in [-0.1, -0.05) is 90.4 Å². The number of carbonyl (C=O) groups excluding carboxylic acids is 1. The van der Waals surface area contributed by atoms with Gasteiger partial charge in [-0.3, -0.25) is 4.79 Å². The van der Waals surface area contributed by atoms with Crippen LogP contribution >= 0.6 is 0 Å². The number of unbranched alkanes of at least 4 members (excludes halogenated alkanes) is 14. The molecule has 0 aromatic heterocycles. The van der Waals surface area contributed by atoms with Crippen LogP contribution in [0.4, 0.5) is 0 Å². The van der Waals surface area contributed by atoms with E-state index >= 15 is 0 Å². The lowest BCUT2D eigenvalue weighted by atomic mass is 9.88. The average Bonchev–Trinajstić information content (AvgIpc) is 2.75. The number of esters is 1. The lowest BCUT2D eigenvalue weighted by Gasteiger charge is -2.27. The summed E-state index contributed by atoms with van der Waals surface area (Å²) in [6.45, 7) is 1.97. The van der Waals surface area contributed by atoms with Gasteiger partial charge in [-0.25, -0.2) is 0 Å². The first-order valence-electron chi connectivity index (χ1n) is 12.1. The fourth-order valence-electron chi connectivity index (χ4n) is 3.45. The molecule has 0 aromatic rings. The van der Waals surface area contributed by atoms with Gasteiger partial charge in [-0.05, 0) is 19.3 Å². The second kappa shape index (κ2) is 20.6. The quantitative estimate of drug-likeness (QED) is 0.168. The van der Waals surface area contributed by atoms with Gasteiger partial charge in [0, 0.05) is 13.0 Å². The number of aliphatic hydroxyl groups is 3. The number of hydrogen-bond acceptors (Lipinski definition) is 5. The maximum atomic E-state index is 11.8. The van der Waals surface area contributed by atoms with E-state index < -0.39 is 5.41 Å². The van der Waals surface area contributed by atoms with Crippen molar-refractivity contribution in [2.24, 2.45) is 5.41 Å². The molecule has 5 heteroatoms. The fraction of sp³-hybridized carbons (Fsp3) is 0.958. The van der Waals surface area contributed by atoms with Crippen molar-refractivity contribution in [1.29, 1.82) is 0 Å². The van der Waals surface area contributed by atoms with Gasteiger partial charge in [-0.2, -0.15) is 0 Å². The van der Waals surface area contributed by atoms with Crippen molar-refractivity contribution >= 4 is 5.97 Å². The van der Waals surface area contributed by atoms with Crippen LogP contribution in [0.5, 0.6) is 0 Å². The fourth-order valence-corrected chi connectivity index (χ4v) is 3.45. The van der Waals surface area contributed by atoms with Gasteiger partial charge in [0.1, 0.15) is 6.61 Å². The van der Waals surface area contributed by atoms with E-state index in [1.807, 2.05) is 6.92 Å². The molecule has 0 bridgehead atoms. The van der Waals surface area contributed by atoms with Crippen molar-refractivity contribution in [2.45, 2.75) is 116 Å². The highest BCUT2D eigenvalue weighted by molar-refractivity contribution is 5.69. The van der Waals surface area contributed by atoms with Gasteiger partial charge >= 0.3 is 5.97 Å². The van der Waals surface area contributed by atoms with Gasteiger partial charge in [0.05, 0.1) is 18.6 Å². The number of rotatable bonds is 22. The zero-order valence-electron chi connectivity index (χ0n) is 19.0. The van der Waals surface area contributed by atoms with Gasteiger partial charge in [0.25, 0.3) is 0 Å². The van der Waals surface area contributed by atoms with E-state index in [1.165, 1.54) is 77.0 Å². The summed E-state index contributed by atoms with van der Waals surface area (Å²) >= 11 is 0. The van der Waals surface area contributed by atoms with Crippen LogP contribution in [0.25, 0.3) is 0 Å². The maximum Gasteiger partial charge on any atom is 0.305 e. The maximum absolute atomic E-state index is 11.8. The molecule has 0 aliphatic rings. The van der Waals surface area contributed by atoms with Crippen molar-refractivity contribution in [3.8, 4) is 0 Å². The molecular formula is C24H48O5. The Balaban J connectivity index is 3.34. The van der Waals surface area contributed by atoms with Crippen LogP contribution in [0.15, 0.2) is 0 Å². The molecule has 0 amide bonds. The molecule has 29 heavy (non-hydrogen) atoms. The van der Waals surface area contributed by atoms with Gasteiger partial charge in [0.15, 0.2) is 0 Å². The van der Waals surface area contributed by atoms with E-state index in [0.717, 1.165) is 19.3 Å². The molecular weight excluding hydrogens is 368 g/mol. The molecule has 0 radical (unpaired) electrons. The summed E-state index contributed by atoms with van der Waals surface area (Å²) in [5.74, 6) is -0.224. The Kier molecular flexibility index (Phi) is 20.2. The number of ether oxygens (including phenoxy) is 1. The highest BCUT2D eigenvalue weighted by Crippen LogP contribution is 2.21. The molecule has 0 unspecified atom stereocenters. The first kappa shape index (κ1) is 28.4. The molecule has 5 nitrogen and oxygen atoms in total. The summed E-state index contributed by atoms with van der Waals surface area (Å²) in [7, 11) is 0. The predicted molar refractivity (Wildman–Crippen MR) is 119 cm³/mol. The third-order valence-electron chi connectivity index (χ3n) is 6.00. The van der Waals surface area contributed by atoms with Crippen molar-refractivity contribution in [3.63, 3.8) is 0 Å². The second-order valence-corrected chi connectivity index (χ2v) is 8.61. The van der Waals surface area contributed by atoms with Crippen LogP contribution in [-0.2, 0) is 9.53 Å². The predicted octanol–water partition coefficient (Wildman–Crippen LogP) is 5.14. The molecule has 0 fully saturated rings. The smallest absolute Gasteiger partial charge is 0.305 e. The minimum absolute atomic E-state index is 0.0963. The van der Waals surface area contributed by atoms with E-state index in [4.69, 9.17) is 9.84 Å². The van der Waals surface area contributed by atoms with Crippen LogP contribution in [0.3, 0.4) is 0 Å². The lowest BCUT2D eigenvalue weighted by molar-refractivity contribution is -0.149. The van der Waals surface area contributed by atoms with Gasteiger partial charge in [0.2, 0.25) is 0 Å². The highest BCUT2D eigenvalue weighted by Gasteiger charge is 2.28. The zero-order valence-corrected chi connectivity index (χ0v) is 19.0. The van der Waals surface area contributed by atoms with Gasteiger partial charge < -0.3 is 20.1 Å². The number of aliphatic hydroxyl groups excluding tert-OH is 3. The van der Waals surface area contributed by atoms with Crippen molar-refractivity contribution in [1.82, 2.24) is 0 Å². The molecule has 0 spiro atoms. The normalized spacial score (nSPS) is 11.7. The molecule has 0 atom stereocenters. The van der Waals surface area contributed by atoms with E-state index in [1.54, 1.807) is 0 Å². The van der Waals surface area contributed by atoms with Crippen LogP contribution in [-0.4, -0.2) is 47.7 Å². The third-order valence-corrected chi connectivity index (χ3v) is 6.00. The van der Waals surface area contributed by atoms with E-state index in [9.17, 15) is 15.0 Å². The Bertz CT molecular complexity index is 347. The average molecular weight is 417 g/mol. The van der Waals surface area contributed by atoms with E-state index in [2.05, 4.69) is 0 Å². The van der Waals surface area contributed by atoms with Crippen molar-refractivity contribution < 1.29 is 24.9 Å². The number of carbonyl (C=O) groups is 1. The van der Waals surface area contributed by atoms with Crippen LogP contribution in [0, 0.1) is 5.41 Å². The molecule has 0 heterocycles. The first-order chi connectivity index (χ1) is 14.1. The van der Waals surface area contributed by atoms with Crippen LogP contribution in [0.2, 0.25) is 0 Å². The summed E-state index contributed by atoms with van der Waals surface area (Å²) < 4.78 is 5.24. The lowest BCUT2D eigenvalue weighted by Crippen LogP contribution is -2.35. The summed E-state index contributed by atoms with van der Waals surface area (Å²) in [4.78, 5) is 11.8. The summed E-state index contributed by atoms with van der Waals surface area (Å²) in [5.41, 5.74) is -0.698. The Morgan fingerprint density at radius 2 is 1.03 bits per heavy atom. The number of hydrogen-bond donors (Lipinski definition) is 3. The third kappa shape index (κ3) is 16.8. The monoisotopic (exact) mass is 416 g/mol. The largest absolute Gasteiger partial charge is 0.465 e. The minimum atomic E-state index is -0.698. The SMILES string of the molecule is CCC(CO)(CO)COC(=O)CCCCCCCCCCCCCCCCCO. The molecule has 0 aromatic carbocycles. The Morgan fingerprint density at radius 1 is 0.655 bits per heavy atom. The molecule has 174 valence electrons. The Morgan fingerprint density at radius 3 is 1.38 bits per heavy atom. The van der Waals surface area contributed by atoms with Crippen molar-refractivity contribution in [2.75, 3.05) is 26.4 Å². The summed E-state index contributed by atoms with van der Waals surface area (Å²) in [6, 6.07) is 0. The minimum Gasteiger partial charge on any atom is -0.465 e. The molecule has 3 N–H and O–H groups in total.